The molecule has 0 saturated carbocycles. The SMILES string of the molecule is COc1cc(/C=C2\SC(=S)N(C(C(=O)O)c3ccccc3)C2=O)cc(Br)c1OCCc1ccccc1. The van der Waals surface area contributed by atoms with E-state index in [1.807, 2.05) is 36.4 Å². The molecule has 0 aliphatic carbocycles. The van der Waals surface area contributed by atoms with Crippen molar-refractivity contribution < 1.29 is 24.2 Å². The molecule has 184 valence electrons. The van der Waals surface area contributed by atoms with Gasteiger partial charge in [0.25, 0.3) is 5.91 Å². The lowest BCUT2D eigenvalue weighted by molar-refractivity contribution is -0.145. The lowest BCUT2D eigenvalue weighted by Gasteiger charge is -2.23. The van der Waals surface area contributed by atoms with E-state index in [-0.39, 0.29) is 4.32 Å². The number of nitrogens with zero attached hydrogens (tertiary/aromatic N) is 1. The Morgan fingerprint density at radius 2 is 1.81 bits per heavy atom. The largest absolute Gasteiger partial charge is 0.493 e. The van der Waals surface area contributed by atoms with Gasteiger partial charge in [0.2, 0.25) is 0 Å². The summed E-state index contributed by atoms with van der Waals surface area (Å²) in [5, 5.41) is 9.86. The Bertz CT molecular complexity index is 1310. The fourth-order valence-electron chi connectivity index (χ4n) is 3.77. The van der Waals surface area contributed by atoms with Gasteiger partial charge in [0.05, 0.1) is 23.1 Å². The van der Waals surface area contributed by atoms with Crippen LogP contribution in [0.4, 0.5) is 0 Å². The van der Waals surface area contributed by atoms with E-state index >= 15 is 0 Å². The zero-order valence-corrected chi connectivity index (χ0v) is 22.4. The maximum absolute atomic E-state index is 13.2. The van der Waals surface area contributed by atoms with E-state index in [9.17, 15) is 14.7 Å². The van der Waals surface area contributed by atoms with Gasteiger partial charge in [-0.2, -0.15) is 0 Å². The molecule has 6 nitrogen and oxygen atoms in total. The lowest BCUT2D eigenvalue weighted by Crippen LogP contribution is -2.37. The van der Waals surface area contributed by atoms with Crippen LogP contribution >= 0.6 is 39.9 Å². The molecule has 0 spiro atoms. The zero-order valence-electron chi connectivity index (χ0n) is 19.2. The summed E-state index contributed by atoms with van der Waals surface area (Å²) in [5.74, 6) is -0.542. The number of methoxy groups -OCH3 is 1. The van der Waals surface area contributed by atoms with Gasteiger partial charge >= 0.3 is 5.97 Å². The number of carbonyl (C=O) groups is 2. The van der Waals surface area contributed by atoms with Gasteiger partial charge in [-0.05, 0) is 50.8 Å². The first-order valence-electron chi connectivity index (χ1n) is 11.0. The molecule has 1 saturated heterocycles. The summed E-state index contributed by atoms with van der Waals surface area (Å²) >= 11 is 10.0. The van der Waals surface area contributed by atoms with Crippen molar-refractivity contribution in [2.75, 3.05) is 13.7 Å². The van der Waals surface area contributed by atoms with Crippen LogP contribution in [0.25, 0.3) is 6.08 Å². The molecule has 36 heavy (non-hydrogen) atoms. The average Bonchev–Trinajstić information content (AvgIpc) is 3.14. The number of carboxylic acids is 1. The number of hydrogen-bond acceptors (Lipinski definition) is 6. The molecule has 1 N–H and O–H groups in total. The van der Waals surface area contributed by atoms with Gasteiger partial charge in [0.1, 0.15) is 4.32 Å². The number of thioether (sulfide) groups is 1. The number of ether oxygens (including phenoxy) is 2. The molecule has 1 fully saturated rings. The Kier molecular flexibility index (Phi) is 8.45. The predicted molar refractivity (Wildman–Crippen MR) is 148 cm³/mol. The topological polar surface area (TPSA) is 76.1 Å². The van der Waals surface area contributed by atoms with Crippen molar-refractivity contribution in [3.05, 3.63) is 98.9 Å². The molecule has 1 aliphatic heterocycles. The number of benzene rings is 3. The highest BCUT2D eigenvalue weighted by atomic mass is 79.9. The lowest BCUT2D eigenvalue weighted by atomic mass is 10.1. The molecule has 3 aromatic carbocycles. The Balaban J connectivity index is 1.56. The molecule has 1 heterocycles. The average molecular weight is 585 g/mol. The van der Waals surface area contributed by atoms with Crippen LogP contribution in [0.2, 0.25) is 0 Å². The molecular formula is C27H22BrNO5S2. The van der Waals surface area contributed by atoms with Gasteiger partial charge < -0.3 is 14.6 Å². The molecular weight excluding hydrogens is 562 g/mol. The summed E-state index contributed by atoms with van der Waals surface area (Å²) in [6, 6.07) is 21.0. The monoisotopic (exact) mass is 583 g/mol. The minimum atomic E-state index is -1.20. The molecule has 0 aromatic heterocycles. The normalized spacial score (nSPS) is 15.3. The number of halogens is 1. The predicted octanol–water partition coefficient (Wildman–Crippen LogP) is 6.11. The third kappa shape index (κ3) is 5.80. The molecule has 1 atom stereocenters. The van der Waals surface area contributed by atoms with Gasteiger partial charge in [-0.1, -0.05) is 84.6 Å². The Labute approximate surface area is 227 Å². The van der Waals surface area contributed by atoms with E-state index in [4.69, 9.17) is 21.7 Å². The van der Waals surface area contributed by atoms with E-state index in [1.54, 1.807) is 49.6 Å². The van der Waals surface area contributed by atoms with Crippen molar-refractivity contribution in [3.63, 3.8) is 0 Å². The summed E-state index contributed by atoms with van der Waals surface area (Å²) in [5.41, 5.74) is 2.33. The van der Waals surface area contributed by atoms with Crippen LogP contribution in [0.1, 0.15) is 22.7 Å². The molecule has 1 unspecified atom stereocenters. The first kappa shape index (κ1) is 25.9. The molecule has 9 heteroatoms. The third-order valence-electron chi connectivity index (χ3n) is 5.46. The summed E-state index contributed by atoms with van der Waals surface area (Å²) in [6.07, 6.45) is 2.41. The minimum Gasteiger partial charge on any atom is -0.493 e. The number of carboxylic acid groups (broad SMARTS) is 1. The van der Waals surface area contributed by atoms with Crippen LogP contribution < -0.4 is 9.47 Å². The Morgan fingerprint density at radius 3 is 2.44 bits per heavy atom. The summed E-state index contributed by atoms with van der Waals surface area (Å²) in [4.78, 5) is 26.8. The standard InChI is InChI=1S/C27H22BrNO5S2/c1-33-21-15-18(14-20(28)24(21)34-13-12-17-8-4-2-5-9-17)16-22-25(30)29(27(35)36-22)23(26(31)32)19-10-6-3-7-11-19/h2-11,14-16,23H,12-13H2,1H3,(H,31,32)/b22-16-. The zero-order chi connectivity index (χ0) is 25.7. The molecule has 0 bridgehead atoms. The van der Waals surface area contributed by atoms with Crippen LogP contribution in [0.3, 0.4) is 0 Å². The van der Waals surface area contributed by atoms with Crippen molar-refractivity contribution in [1.29, 1.82) is 0 Å². The van der Waals surface area contributed by atoms with Crippen molar-refractivity contribution in [2.24, 2.45) is 0 Å². The van der Waals surface area contributed by atoms with Gasteiger partial charge in [-0.15, -0.1) is 0 Å². The second-order valence-electron chi connectivity index (χ2n) is 7.82. The van der Waals surface area contributed by atoms with Crippen LogP contribution in [-0.4, -0.2) is 39.9 Å². The quantitative estimate of drug-likeness (QED) is 0.241. The number of rotatable bonds is 9. The molecule has 1 amide bonds. The Hall–Kier alpha value is -3.14. The van der Waals surface area contributed by atoms with Gasteiger partial charge in [0, 0.05) is 6.42 Å². The van der Waals surface area contributed by atoms with E-state index in [1.165, 1.54) is 5.56 Å². The third-order valence-corrected chi connectivity index (χ3v) is 7.38. The number of amides is 1. The summed E-state index contributed by atoms with van der Waals surface area (Å²) in [7, 11) is 1.55. The fourth-order valence-corrected chi connectivity index (χ4v) is 5.66. The van der Waals surface area contributed by atoms with Crippen molar-refractivity contribution >= 4 is 62.2 Å². The van der Waals surface area contributed by atoms with E-state index in [2.05, 4.69) is 15.9 Å². The van der Waals surface area contributed by atoms with E-state index in [0.29, 0.717) is 38.6 Å². The maximum Gasteiger partial charge on any atom is 0.331 e. The molecule has 1 aliphatic rings. The van der Waals surface area contributed by atoms with Crippen molar-refractivity contribution in [2.45, 2.75) is 12.5 Å². The molecule has 0 radical (unpaired) electrons. The Morgan fingerprint density at radius 1 is 1.14 bits per heavy atom. The number of aliphatic carboxylic acids is 1. The van der Waals surface area contributed by atoms with Crippen LogP contribution in [0.5, 0.6) is 11.5 Å². The van der Waals surface area contributed by atoms with Gasteiger partial charge in [-0.3, -0.25) is 9.69 Å². The highest BCUT2D eigenvalue weighted by molar-refractivity contribution is 9.10. The summed E-state index contributed by atoms with van der Waals surface area (Å²) in [6.45, 7) is 0.465. The van der Waals surface area contributed by atoms with Gasteiger partial charge in [0.15, 0.2) is 17.5 Å². The summed E-state index contributed by atoms with van der Waals surface area (Å²) < 4.78 is 12.4. The van der Waals surface area contributed by atoms with Crippen molar-refractivity contribution in [1.82, 2.24) is 4.90 Å². The fraction of sp³-hybridized carbons (Fsp3) is 0.148. The number of thiocarbonyl (C=S) groups is 1. The number of carbonyl (C=O) groups excluding carboxylic acids is 1. The smallest absolute Gasteiger partial charge is 0.331 e. The molecule has 4 rings (SSSR count). The minimum absolute atomic E-state index is 0.189. The highest BCUT2D eigenvalue weighted by Crippen LogP contribution is 2.41. The first-order valence-corrected chi connectivity index (χ1v) is 13.0. The first-order chi connectivity index (χ1) is 17.4. The van der Waals surface area contributed by atoms with E-state index < -0.39 is 17.9 Å². The van der Waals surface area contributed by atoms with E-state index in [0.717, 1.165) is 23.1 Å². The number of hydrogen-bond donors (Lipinski definition) is 1. The second-order valence-corrected chi connectivity index (χ2v) is 10.4. The van der Waals surface area contributed by atoms with Gasteiger partial charge in [-0.25, -0.2) is 4.79 Å². The molecule has 3 aromatic rings. The maximum atomic E-state index is 13.2. The van der Waals surface area contributed by atoms with Crippen LogP contribution in [-0.2, 0) is 16.0 Å². The van der Waals surface area contributed by atoms with Crippen LogP contribution in [0.15, 0.2) is 82.2 Å². The van der Waals surface area contributed by atoms with Crippen LogP contribution in [0, 0.1) is 0 Å². The van der Waals surface area contributed by atoms with Crippen molar-refractivity contribution in [3.8, 4) is 11.5 Å². The second kappa shape index (κ2) is 11.7. The highest BCUT2D eigenvalue weighted by Gasteiger charge is 2.41.